The minimum atomic E-state index is 0.497. The van der Waals surface area contributed by atoms with E-state index in [4.69, 9.17) is 16.0 Å². The summed E-state index contributed by atoms with van der Waals surface area (Å²) in [6.45, 7) is 0. The summed E-state index contributed by atoms with van der Waals surface area (Å²) < 4.78 is 5.24. The van der Waals surface area contributed by atoms with Crippen LogP contribution in [0.4, 0.5) is 0 Å². The maximum atomic E-state index is 5.67. The number of alkyl halides is 1. The van der Waals surface area contributed by atoms with Crippen molar-refractivity contribution in [3.8, 4) is 0 Å². The van der Waals surface area contributed by atoms with Gasteiger partial charge in [0, 0.05) is 18.2 Å². The molecule has 74 valence electrons. The predicted octanol–water partition coefficient (Wildman–Crippen LogP) is 3.26. The topological polar surface area (TPSA) is 26.0 Å². The third-order valence-corrected chi connectivity index (χ3v) is 3.13. The molecule has 0 radical (unpaired) electrons. The van der Waals surface area contributed by atoms with Crippen LogP contribution in [0.25, 0.3) is 0 Å². The van der Waals surface area contributed by atoms with Gasteiger partial charge >= 0.3 is 0 Å². The normalized spacial score (nSPS) is 10.6. The standard InChI is InChI=1S/C10H10ClNOS/c11-6-8-7-14-10(12-8)4-3-9-2-1-5-13-9/h1-2,5,7H,3-4,6H2. The second kappa shape index (κ2) is 4.62. The lowest BCUT2D eigenvalue weighted by molar-refractivity contribution is 0.508. The molecule has 2 nitrogen and oxygen atoms in total. The summed E-state index contributed by atoms with van der Waals surface area (Å²) in [5, 5.41) is 3.13. The number of hydrogen-bond donors (Lipinski definition) is 0. The first-order valence-corrected chi connectivity index (χ1v) is 5.81. The largest absolute Gasteiger partial charge is 0.469 e. The summed E-state index contributed by atoms with van der Waals surface area (Å²) in [5.41, 5.74) is 0.964. The van der Waals surface area contributed by atoms with Crippen molar-refractivity contribution in [3.63, 3.8) is 0 Å². The van der Waals surface area contributed by atoms with Crippen molar-refractivity contribution in [1.29, 1.82) is 0 Å². The Bertz CT molecular complexity index is 382. The molecule has 0 unspecified atom stereocenters. The Morgan fingerprint density at radius 2 is 2.36 bits per heavy atom. The lowest BCUT2D eigenvalue weighted by Gasteiger charge is -1.92. The molecule has 14 heavy (non-hydrogen) atoms. The van der Waals surface area contributed by atoms with Crippen LogP contribution in [-0.2, 0) is 18.7 Å². The Morgan fingerprint density at radius 1 is 1.43 bits per heavy atom. The quantitative estimate of drug-likeness (QED) is 0.750. The molecule has 0 amide bonds. The maximum Gasteiger partial charge on any atom is 0.104 e. The molecule has 0 aliphatic heterocycles. The Morgan fingerprint density at radius 3 is 3.00 bits per heavy atom. The molecular formula is C10H10ClNOS. The highest BCUT2D eigenvalue weighted by Gasteiger charge is 2.02. The van der Waals surface area contributed by atoms with Gasteiger partial charge in [-0.1, -0.05) is 0 Å². The predicted molar refractivity (Wildman–Crippen MR) is 57.8 cm³/mol. The smallest absolute Gasteiger partial charge is 0.104 e. The number of thiazole rings is 1. The van der Waals surface area contributed by atoms with Gasteiger partial charge in [-0.05, 0) is 12.1 Å². The van der Waals surface area contributed by atoms with Gasteiger partial charge in [-0.3, -0.25) is 0 Å². The number of halogens is 1. The highest BCUT2D eigenvalue weighted by molar-refractivity contribution is 7.09. The van der Waals surface area contributed by atoms with Gasteiger partial charge in [0.1, 0.15) is 5.76 Å². The summed E-state index contributed by atoms with van der Waals surface area (Å²) >= 11 is 7.32. The van der Waals surface area contributed by atoms with Crippen LogP contribution >= 0.6 is 22.9 Å². The van der Waals surface area contributed by atoms with E-state index < -0.39 is 0 Å². The van der Waals surface area contributed by atoms with Crippen molar-refractivity contribution < 1.29 is 4.42 Å². The van der Waals surface area contributed by atoms with Crippen molar-refractivity contribution in [2.45, 2.75) is 18.7 Å². The molecule has 4 heteroatoms. The van der Waals surface area contributed by atoms with Gasteiger partial charge in [0.2, 0.25) is 0 Å². The minimum absolute atomic E-state index is 0.497. The van der Waals surface area contributed by atoms with Crippen LogP contribution in [0.15, 0.2) is 28.2 Å². The van der Waals surface area contributed by atoms with Crippen LogP contribution in [0.5, 0.6) is 0 Å². The van der Waals surface area contributed by atoms with E-state index in [0.717, 1.165) is 29.3 Å². The lowest BCUT2D eigenvalue weighted by Crippen LogP contribution is -1.89. The number of aromatic nitrogens is 1. The van der Waals surface area contributed by atoms with Gasteiger partial charge in [0.05, 0.1) is 22.8 Å². The van der Waals surface area contributed by atoms with Gasteiger partial charge < -0.3 is 4.42 Å². The van der Waals surface area contributed by atoms with Crippen LogP contribution in [0.3, 0.4) is 0 Å². The second-order valence-corrected chi connectivity index (χ2v) is 4.16. The summed E-state index contributed by atoms with van der Waals surface area (Å²) in [5.74, 6) is 1.50. The fraction of sp³-hybridized carbons (Fsp3) is 0.300. The molecule has 0 saturated heterocycles. The highest BCUT2D eigenvalue weighted by atomic mass is 35.5. The Balaban J connectivity index is 1.92. The average Bonchev–Trinajstić information content (AvgIpc) is 2.86. The number of rotatable bonds is 4. The summed E-state index contributed by atoms with van der Waals surface area (Å²) in [4.78, 5) is 4.37. The first-order chi connectivity index (χ1) is 6.88. The summed E-state index contributed by atoms with van der Waals surface area (Å²) in [6, 6.07) is 3.89. The van der Waals surface area contributed by atoms with Crippen molar-refractivity contribution in [2.24, 2.45) is 0 Å². The molecule has 0 aliphatic rings. The van der Waals surface area contributed by atoms with Crippen molar-refractivity contribution in [3.05, 3.63) is 40.2 Å². The molecule has 0 N–H and O–H groups in total. The van der Waals surface area contributed by atoms with Crippen molar-refractivity contribution in [1.82, 2.24) is 4.98 Å². The fourth-order valence-electron chi connectivity index (χ4n) is 1.21. The van der Waals surface area contributed by atoms with E-state index in [-0.39, 0.29) is 0 Å². The summed E-state index contributed by atoms with van der Waals surface area (Å²) in [6.07, 6.45) is 3.53. The first kappa shape index (κ1) is 9.74. The van der Waals surface area contributed by atoms with Gasteiger partial charge in [-0.25, -0.2) is 4.98 Å². The number of hydrogen-bond acceptors (Lipinski definition) is 3. The minimum Gasteiger partial charge on any atom is -0.469 e. The molecule has 0 fully saturated rings. The molecular weight excluding hydrogens is 218 g/mol. The zero-order valence-electron chi connectivity index (χ0n) is 7.57. The molecule has 0 atom stereocenters. The number of nitrogens with zero attached hydrogens (tertiary/aromatic N) is 1. The van der Waals surface area contributed by atoms with E-state index in [1.54, 1.807) is 17.6 Å². The average molecular weight is 228 g/mol. The SMILES string of the molecule is ClCc1csc(CCc2ccco2)n1. The molecule has 2 aromatic heterocycles. The van der Waals surface area contributed by atoms with Crippen LogP contribution < -0.4 is 0 Å². The third kappa shape index (κ3) is 2.36. The molecule has 0 saturated carbocycles. The van der Waals surface area contributed by atoms with Gasteiger partial charge in [0.15, 0.2) is 0 Å². The van der Waals surface area contributed by atoms with E-state index in [2.05, 4.69) is 4.98 Å². The first-order valence-electron chi connectivity index (χ1n) is 4.40. The molecule has 2 rings (SSSR count). The highest BCUT2D eigenvalue weighted by Crippen LogP contribution is 2.14. The molecule has 0 aromatic carbocycles. The van der Waals surface area contributed by atoms with E-state index in [1.165, 1.54) is 0 Å². The number of aryl methyl sites for hydroxylation is 2. The zero-order valence-corrected chi connectivity index (χ0v) is 9.14. The van der Waals surface area contributed by atoms with Gasteiger partial charge in [-0.2, -0.15) is 0 Å². The van der Waals surface area contributed by atoms with E-state index in [9.17, 15) is 0 Å². The van der Waals surface area contributed by atoms with E-state index in [1.807, 2.05) is 17.5 Å². The van der Waals surface area contributed by atoms with E-state index in [0.29, 0.717) is 5.88 Å². The third-order valence-electron chi connectivity index (χ3n) is 1.90. The maximum absolute atomic E-state index is 5.67. The van der Waals surface area contributed by atoms with Crippen molar-refractivity contribution in [2.75, 3.05) is 0 Å². The molecule has 0 spiro atoms. The number of furan rings is 1. The van der Waals surface area contributed by atoms with Crippen molar-refractivity contribution >= 4 is 22.9 Å². The Hall–Kier alpha value is -0.800. The molecule has 2 aromatic rings. The Labute approximate surface area is 91.5 Å². The molecule has 0 bridgehead atoms. The Kier molecular flexibility index (Phi) is 3.22. The van der Waals surface area contributed by atoms with Crippen LogP contribution in [0, 0.1) is 0 Å². The van der Waals surface area contributed by atoms with Crippen LogP contribution in [0.2, 0.25) is 0 Å². The monoisotopic (exact) mass is 227 g/mol. The molecule has 0 aliphatic carbocycles. The lowest BCUT2D eigenvalue weighted by atomic mass is 10.2. The summed E-state index contributed by atoms with van der Waals surface area (Å²) in [7, 11) is 0. The van der Waals surface area contributed by atoms with Gasteiger partial charge in [-0.15, -0.1) is 22.9 Å². The second-order valence-electron chi connectivity index (χ2n) is 2.95. The molecule has 2 heterocycles. The van der Waals surface area contributed by atoms with E-state index >= 15 is 0 Å². The van der Waals surface area contributed by atoms with Crippen LogP contribution in [0.1, 0.15) is 16.5 Å². The van der Waals surface area contributed by atoms with Gasteiger partial charge in [0.25, 0.3) is 0 Å². The zero-order chi connectivity index (χ0) is 9.80. The van der Waals surface area contributed by atoms with Crippen LogP contribution in [-0.4, -0.2) is 4.98 Å². The fourth-order valence-corrected chi connectivity index (χ4v) is 2.24.